The van der Waals surface area contributed by atoms with Gasteiger partial charge < -0.3 is 4.90 Å². The van der Waals surface area contributed by atoms with Crippen molar-refractivity contribution in [3.8, 4) is 5.69 Å². The molecule has 0 unspecified atom stereocenters. The fourth-order valence-corrected chi connectivity index (χ4v) is 3.11. The van der Waals surface area contributed by atoms with Crippen molar-refractivity contribution < 1.29 is 0 Å². The molecule has 0 aliphatic heterocycles. The van der Waals surface area contributed by atoms with E-state index in [2.05, 4.69) is 9.97 Å². The summed E-state index contributed by atoms with van der Waals surface area (Å²) in [7, 11) is 7.47. The zero-order chi connectivity index (χ0) is 17.0. The summed E-state index contributed by atoms with van der Waals surface area (Å²) < 4.78 is 5.32. The monoisotopic (exact) mass is 322 g/mol. The Bertz CT molecular complexity index is 1130. The standard InChI is InChI=1S/C17H18N6O/c1-20(2)16-15-13(7-8-18-16)23(10-19-15)11-5-6-12-14(9-11)22(4)17(24)21(12)3/h5-10H,1-4H3. The minimum absolute atomic E-state index is 0.0308. The van der Waals surface area contributed by atoms with Gasteiger partial charge >= 0.3 is 5.69 Å². The highest BCUT2D eigenvalue weighted by molar-refractivity contribution is 5.88. The minimum Gasteiger partial charge on any atom is -0.361 e. The Kier molecular flexibility index (Phi) is 2.99. The molecule has 0 radical (unpaired) electrons. The maximum Gasteiger partial charge on any atom is 0.328 e. The highest BCUT2D eigenvalue weighted by Crippen LogP contribution is 2.25. The number of hydrogen-bond acceptors (Lipinski definition) is 4. The van der Waals surface area contributed by atoms with E-state index in [9.17, 15) is 4.79 Å². The Morgan fingerprint density at radius 2 is 1.71 bits per heavy atom. The number of fused-ring (bicyclic) bond motifs is 2. The van der Waals surface area contributed by atoms with Crippen molar-refractivity contribution in [1.29, 1.82) is 0 Å². The van der Waals surface area contributed by atoms with Gasteiger partial charge in [-0.05, 0) is 24.3 Å². The van der Waals surface area contributed by atoms with Crippen LogP contribution in [-0.4, -0.2) is 37.8 Å². The Labute approximate surface area is 138 Å². The summed E-state index contributed by atoms with van der Waals surface area (Å²) in [6.07, 6.45) is 3.58. The Morgan fingerprint density at radius 1 is 0.958 bits per heavy atom. The molecule has 1 aromatic carbocycles. The van der Waals surface area contributed by atoms with Crippen LogP contribution in [0.25, 0.3) is 27.8 Å². The molecule has 0 bridgehead atoms. The van der Waals surface area contributed by atoms with Crippen molar-refractivity contribution in [2.45, 2.75) is 0 Å². The lowest BCUT2D eigenvalue weighted by Crippen LogP contribution is -2.19. The van der Waals surface area contributed by atoms with Crippen LogP contribution in [0, 0.1) is 0 Å². The van der Waals surface area contributed by atoms with Crippen LogP contribution in [0.2, 0.25) is 0 Å². The maximum absolute atomic E-state index is 12.1. The average Bonchev–Trinajstić information content (AvgIpc) is 3.10. The van der Waals surface area contributed by atoms with E-state index in [-0.39, 0.29) is 5.69 Å². The lowest BCUT2D eigenvalue weighted by molar-refractivity contribution is 0.795. The van der Waals surface area contributed by atoms with Crippen LogP contribution < -0.4 is 10.6 Å². The first-order chi connectivity index (χ1) is 11.5. The molecule has 0 atom stereocenters. The van der Waals surface area contributed by atoms with E-state index in [1.165, 1.54) is 0 Å². The van der Waals surface area contributed by atoms with Crippen LogP contribution in [-0.2, 0) is 14.1 Å². The molecule has 7 nitrogen and oxygen atoms in total. The van der Waals surface area contributed by atoms with Gasteiger partial charge in [-0.2, -0.15) is 0 Å². The SMILES string of the molecule is CN(C)c1nccc2c1ncn2-c1ccc2c(c1)n(C)c(=O)n2C. The van der Waals surface area contributed by atoms with Crippen LogP contribution in [0.15, 0.2) is 41.6 Å². The van der Waals surface area contributed by atoms with Crippen molar-refractivity contribution in [2.75, 3.05) is 19.0 Å². The molecule has 3 aromatic heterocycles. The molecule has 4 rings (SSSR count). The van der Waals surface area contributed by atoms with Crippen LogP contribution in [0.4, 0.5) is 5.82 Å². The van der Waals surface area contributed by atoms with Gasteiger partial charge in [0.05, 0.1) is 16.6 Å². The van der Waals surface area contributed by atoms with Crippen molar-refractivity contribution in [3.05, 3.63) is 47.3 Å². The summed E-state index contributed by atoms with van der Waals surface area (Å²) in [4.78, 5) is 23.0. The number of imidazole rings is 2. The zero-order valence-electron chi connectivity index (χ0n) is 14.1. The van der Waals surface area contributed by atoms with Gasteiger partial charge in [0.25, 0.3) is 0 Å². The van der Waals surface area contributed by atoms with Crippen molar-refractivity contribution >= 4 is 27.9 Å². The third-order valence-electron chi connectivity index (χ3n) is 4.40. The smallest absolute Gasteiger partial charge is 0.328 e. The number of aromatic nitrogens is 5. The van der Waals surface area contributed by atoms with E-state index in [0.29, 0.717) is 0 Å². The molecular weight excluding hydrogens is 304 g/mol. The van der Waals surface area contributed by atoms with E-state index in [4.69, 9.17) is 0 Å². The molecule has 0 saturated heterocycles. The van der Waals surface area contributed by atoms with E-state index >= 15 is 0 Å². The first kappa shape index (κ1) is 14.5. The predicted octanol–water partition coefficient (Wildman–Crippen LogP) is 1.68. The Hall–Kier alpha value is -3.09. The third kappa shape index (κ3) is 1.87. The molecule has 122 valence electrons. The molecule has 0 fully saturated rings. The fraction of sp³-hybridized carbons (Fsp3) is 0.235. The Balaban J connectivity index is 1.98. The number of hydrogen-bond donors (Lipinski definition) is 0. The summed E-state index contributed by atoms with van der Waals surface area (Å²) in [6, 6.07) is 7.92. The highest BCUT2D eigenvalue weighted by Gasteiger charge is 2.13. The largest absolute Gasteiger partial charge is 0.361 e. The number of nitrogens with zero attached hydrogens (tertiary/aromatic N) is 6. The van der Waals surface area contributed by atoms with E-state index in [0.717, 1.165) is 33.6 Å². The first-order valence-electron chi connectivity index (χ1n) is 7.64. The van der Waals surface area contributed by atoms with Crippen molar-refractivity contribution in [2.24, 2.45) is 14.1 Å². The first-order valence-corrected chi connectivity index (χ1v) is 7.64. The van der Waals surface area contributed by atoms with Crippen LogP contribution in [0.5, 0.6) is 0 Å². The normalized spacial score (nSPS) is 11.5. The molecule has 0 aliphatic carbocycles. The van der Waals surface area contributed by atoms with E-state index in [1.54, 1.807) is 35.8 Å². The third-order valence-corrected chi connectivity index (χ3v) is 4.40. The zero-order valence-corrected chi connectivity index (χ0v) is 14.1. The number of anilines is 1. The summed E-state index contributed by atoms with van der Waals surface area (Å²) in [6.45, 7) is 0. The topological polar surface area (TPSA) is 60.9 Å². The molecule has 3 heterocycles. The van der Waals surface area contributed by atoms with Gasteiger partial charge in [0.1, 0.15) is 11.8 Å². The predicted molar refractivity (Wildman–Crippen MR) is 94.9 cm³/mol. The van der Waals surface area contributed by atoms with Gasteiger partial charge in [-0.15, -0.1) is 0 Å². The number of aryl methyl sites for hydroxylation is 2. The lowest BCUT2D eigenvalue weighted by atomic mass is 10.2. The second-order valence-corrected chi connectivity index (χ2v) is 6.08. The van der Waals surface area contributed by atoms with Crippen LogP contribution >= 0.6 is 0 Å². The maximum atomic E-state index is 12.1. The molecule has 0 aliphatic rings. The molecule has 0 saturated carbocycles. The molecule has 24 heavy (non-hydrogen) atoms. The molecule has 4 aromatic rings. The number of rotatable bonds is 2. The number of benzene rings is 1. The lowest BCUT2D eigenvalue weighted by Gasteiger charge is -2.11. The van der Waals surface area contributed by atoms with Crippen LogP contribution in [0.1, 0.15) is 0 Å². The van der Waals surface area contributed by atoms with E-state index in [1.807, 2.05) is 47.8 Å². The molecule has 0 amide bonds. The van der Waals surface area contributed by atoms with Gasteiger partial charge in [0, 0.05) is 40.1 Å². The second-order valence-electron chi connectivity index (χ2n) is 6.08. The molecular formula is C17H18N6O. The van der Waals surface area contributed by atoms with Crippen molar-refractivity contribution in [1.82, 2.24) is 23.7 Å². The quantitative estimate of drug-likeness (QED) is 0.563. The summed E-state index contributed by atoms with van der Waals surface area (Å²) in [5.41, 5.74) is 4.56. The summed E-state index contributed by atoms with van der Waals surface area (Å²) in [5.74, 6) is 0.833. The van der Waals surface area contributed by atoms with Gasteiger partial charge in [-0.1, -0.05) is 0 Å². The van der Waals surface area contributed by atoms with Gasteiger partial charge in [0.2, 0.25) is 0 Å². The number of pyridine rings is 1. The summed E-state index contributed by atoms with van der Waals surface area (Å²) >= 11 is 0. The second kappa shape index (κ2) is 4.95. The average molecular weight is 322 g/mol. The van der Waals surface area contributed by atoms with Gasteiger partial charge in [-0.3, -0.25) is 13.7 Å². The summed E-state index contributed by atoms with van der Waals surface area (Å²) in [5, 5.41) is 0. The molecule has 7 heteroatoms. The van der Waals surface area contributed by atoms with E-state index < -0.39 is 0 Å². The molecule has 0 spiro atoms. The minimum atomic E-state index is -0.0308. The van der Waals surface area contributed by atoms with Gasteiger partial charge in [-0.25, -0.2) is 14.8 Å². The fourth-order valence-electron chi connectivity index (χ4n) is 3.11. The Morgan fingerprint density at radius 3 is 2.46 bits per heavy atom. The van der Waals surface area contributed by atoms with Crippen LogP contribution in [0.3, 0.4) is 0 Å². The van der Waals surface area contributed by atoms with Crippen molar-refractivity contribution in [3.63, 3.8) is 0 Å². The molecule has 0 N–H and O–H groups in total. The van der Waals surface area contributed by atoms with Gasteiger partial charge in [0.15, 0.2) is 5.82 Å². The highest BCUT2D eigenvalue weighted by atomic mass is 16.1.